The number of benzene rings is 1. The molecule has 94 valence electrons. The molecule has 0 bridgehead atoms. The van der Waals surface area contributed by atoms with Crippen LogP contribution in [0.4, 0.5) is 0 Å². The maximum absolute atomic E-state index is 10.7. The van der Waals surface area contributed by atoms with Crippen LogP contribution in [-0.4, -0.2) is 28.4 Å². The lowest BCUT2D eigenvalue weighted by Crippen LogP contribution is -1.92. The molecule has 6 nitrogen and oxygen atoms in total. The second-order valence-electron chi connectivity index (χ2n) is 3.67. The molecule has 0 unspecified atom stereocenters. The Balaban J connectivity index is 2.50. The molecule has 0 aliphatic carbocycles. The van der Waals surface area contributed by atoms with Gasteiger partial charge in [-0.3, -0.25) is 0 Å². The van der Waals surface area contributed by atoms with Gasteiger partial charge in [0.05, 0.1) is 7.11 Å². The van der Waals surface area contributed by atoms with Gasteiger partial charge in [-0.1, -0.05) is 5.16 Å². The van der Waals surface area contributed by atoms with E-state index < -0.39 is 5.97 Å². The first-order valence-corrected chi connectivity index (χ1v) is 5.11. The zero-order valence-electron chi connectivity index (χ0n) is 9.80. The molecule has 0 aliphatic heterocycles. The normalized spacial score (nSPS) is 10.3. The Bertz CT molecular complexity index is 603. The number of nitrogens with zero attached hydrogens (tertiary/aromatic N) is 1. The summed E-state index contributed by atoms with van der Waals surface area (Å²) in [7, 11) is 1.50. The Labute approximate surface area is 102 Å². The van der Waals surface area contributed by atoms with Gasteiger partial charge >= 0.3 is 5.97 Å². The van der Waals surface area contributed by atoms with Gasteiger partial charge in [0.25, 0.3) is 0 Å². The molecule has 0 atom stereocenters. The summed E-state index contributed by atoms with van der Waals surface area (Å²) in [6.07, 6.45) is 0. The van der Waals surface area contributed by atoms with E-state index >= 15 is 0 Å². The van der Waals surface area contributed by atoms with Crippen LogP contribution in [0.15, 0.2) is 22.7 Å². The number of carboxylic acid groups (broad SMARTS) is 1. The van der Waals surface area contributed by atoms with E-state index in [1.54, 1.807) is 19.1 Å². The van der Waals surface area contributed by atoms with Gasteiger partial charge in [0, 0.05) is 17.2 Å². The fourth-order valence-electron chi connectivity index (χ4n) is 1.61. The number of aromatic nitrogens is 1. The van der Waals surface area contributed by atoms with E-state index in [1.807, 2.05) is 0 Å². The van der Waals surface area contributed by atoms with E-state index in [4.69, 9.17) is 9.84 Å². The number of phenolic OH excluding ortho intramolecular Hbond substituents is 1. The summed E-state index contributed by atoms with van der Waals surface area (Å²) in [5.41, 5.74) is 1.20. The van der Waals surface area contributed by atoms with E-state index in [2.05, 4.69) is 9.68 Å². The largest absolute Gasteiger partial charge is 0.507 e. The highest BCUT2D eigenvalue weighted by molar-refractivity contribution is 5.86. The van der Waals surface area contributed by atoms with Crippen LogP contribution in [0.2, 0.25) is 0 Å². The first-order chi connectivity index (χ1) is 8.54. The standard InChI is InChI=1S/C12H11NO5/c1-6-9(17-2)4-3-7(11(6)14)8-5-10(12(15)16)18-13-8/h3-5,14H,1-2H3,(H,15,16). The van der Waals surface area contributed by atoms with E-state index in [0.717, 1.165) is 0 Å². The zero-order valence-corrected chi connectivity index (χ0v) is 9.80. The Morgan fingerprint density at radius 3 is 2.72 bits per heavy atom. The number of hydrogen-bond donors (Lipinski definition) is 2. The fourth-order valence-corrected chi connectivity index (χ4v) is 1.61. The highest BCUT2D eigenvalue weighted by Gasteiger charge is 2.17. The van der Waals surface area contributed by atoms with Crippen molar-refractivity contribution < 1.29 is 24.3 Å². The van der Waals surface area contributed by atoms with Crippen molar-refractivity contribution in [1.29, 1.82) is 0 Å². The van der Waals surface area contributed by atoms with Crippen LogP contribution in [0, 0.1) is 6.92 Å². The first-order valence-electron chi connectivity index (χ1n) is 5.11. The molecular weight excluding hydrogens is 238 g/mol. The number of aromatic hydroxyl groups is 1. The summed E-state index contributed by atoms with van der Waals surface area (Å²) in [5, 5.41) is 22.3. The van der Waals surface area contributed by atoms with Crippen LogP contribution in [0.5, 0.6) is 11.5 Å². The molecule has 2 N–H and O–H groups in total. The number of ether oxygens (including phenoxy) is 1. The second kappa shape index (κ2) is 4.40. The van der Waals surface area contributed by atoms with Crippen molar-refractivity contribution in [1.82, 2.24) is 5.16 Å². The minimum Gasteiger partial charge on any atom is -0.507 e. The van der Waals surface area contributed by atoms with Crippen molar-refractivity contribution in [3.8, 4) is 22.8 Å². The predicted molar refractivity (Wildman–Crippen MR) is 61.9 cm³/mol. The van der Waals surface area contributed by atoms with Crippen molar-refractivity contribution in [2.45, 2.75) is 6.92 Å². The van der Waals surface area contributed by atoms with E-state index in [1.165, 1.54) is 13.2 Å². The quantitative estimate of drug-likeness (QED) is 0.864. The predicted octanol–water partition coefficient (Wildman–Crippen LogP) is 2.06. The molecule has 18 heavy (non-hydrogen) atoms. The van der Waals surface area contributed by atoms with Gasteiger partial charge in [0.2, 0.25) is 5.76 Å². The molecular formula is C12H11NO5. The first kappa shape index (κ1) is 12.0. The van der Waals surface area contributed by atoms with Crippen LogP contribution < -0.4 is 4.74 Å². The lowest BCUT2D eigenvalue weighted by Gasteiger charge is -2.08. The third-order valence-corrected chi connectivity index (χ3v) is 2.60. The maximum Gasteiger partial charge on any atom is 0.374 e. The van der Waals surface area contributed by atoms with Crippen molar-refractivity contribution in [2.24, 2.45) is 0 Å². The number of methoxy groups -OCH3 is 1. The van der Waals surface area contributed by atoms with Crippen molar-refractivity contribution >= 4 is 5.97 Å². The topological polar surface area (TPSA) is 92.8 Å². The summed E-state index contributed by atoms with van der Waals surface area (Å²) in [4.78, 5) is 10.7. The highest BCUT2D eigenvalue weighted by atomic mass is 16.5. The SMILES string of the molecule is COc1ccc(-c2cc(C(=O)O)on2)c(O)c1C. The molecule has 1 aromatic heterocycles. The Hall–Kier alpha value is -2.50. The minimum atomic E-state index is -1.21. The van der Waals surface area contributed by atoms with E-state index in [9.17, 15) is 9.90 Å². The van der Waals surface area contributed by atoms with Gasteiger partial charge in [-0.25, -0.2) is 4.79 Å². The van der Waals surface area contributed by atoms with Crippen molar-refractivity contribution in [2.75, 3.05) is 7.11 Å². The van der Waals surface area contributed by atoms with Crippen LogP contribution >= 0.6 is 0 Å². The molecule has 0 spiro atoms. The fraction of sp³-hybridized carbons (Fsp3) is 0.167. The molecule has 1 heterocycles. The average Bonchev–Trinajstić information content (AvgIpc) is 2.82. The number of phenols is 1. The summed E-state index contributed by atoms with van der Waals surface area (Å²) in [5.74, 6) is -0.964. The molecule has 2 aromatic rings. The number of rotatable bonds is 3. The molecule has 0 saturated heterocycles. The molecule has 2 rings (SSSR count). The van der Waals surface area contributed by atoms with Crippen LogP contribution in [0.1, 0.15) is 16.1 Å². The monoisotopic (exact) mass is 249 g/mol. The van der Waals surface area contributed by atoms with Gasteiger partial charge in [-0.05, 0) is 19.1 Å². The Morgan fingerprint density at radius 2 is 2.17 bits per heavy atom. The minimum absolute atomic E-state index is 0.0143. The zero-order chi connectivity index (χ0) is 13.3. The molecule has 0 aliphatic rings. The molecule has 0 radical (unpaired) electrons. The van der Waals surface area contributed by atoms with Gasteiger partial charge in [-0.2, -0.15) is 0 Å². The van der Waals surface area contributed by atoms with E-state index in [0.29, 0.717) is 16.9 Å². The van der Waals surface area contributed by atoms with E-state index in [-0.39, 0.29) is 17.2 Å². The van der Waals surface area contributed by atoms with Crippen LogP contribution in [-0.2, 0) is 0 Å². The van der Waals surface area contributed by atoms with Crippen molar-refractivity contribution in [3.05, 3.63) is 29.5 Å². The smallest absolute Gasteiger partial charge is 0.374 e. The third kappa shape index (κ3) is 1.88. The molecule has 0 fully saturated rings. The van der Waals surface area contributed by atoms with Crippen LogP contribution in [0.3, 0.4) is 0 Å². The number of hydrogen-bond acceptors (Lipinski definition) is 5. The second-order valence-corrected chi connectivity index (χ2v) is 3.67. The summed E-state index contributed by atoms with van der Waals surface area (Å²) in [6.45, 7) is 1.69. The average molecular weight is 249 g/mol. The molecule has 6 heteroatoms. The van der Waals surface area contributed by atoms with Gasteiger partial charge in [-0.15, -0.1) is 0 Å². The maximum atomic E-state index is 10.7. The summed E-state index contributed by atoms with van der Waals surface area (Å²) in [6, 6.07) is 4.51. The lowest BCUT2D eigenvalue weighted by atomic mass is 10.1. The highest BCUT2D eigenvalue weighted by Crippen LogP contribution is 2.36. The number of carboxylic acids is 1. The van der Waals surface area contributed by atoms with Gasteiger partial charge in [0.15, 0.2) is 0 Å². The third-order valence-electron chi connectivity index (χ3n) is 2.60. The van der Waals surface area contributed by atoms with Gasteiger partial charge in [0.1, 0.15) is 17.2 Å². The van der Waals surface area contributed by atoms with Gasteiger partial charge < -0.3 is 19.5 Å². The Morgan fingerprint density at radius 1 is 1.44 bits per heavy atom. The lowest BCUT2D eigenvalue weighted by molar-refractivity contribution is 0.0652. The summed E-state index contributed by atoms with van der Waals surface area (Å²) >= 11 is 0. The summed E-state index contributed by atoms with van der Waals surface area (Å²) < 4.78 is 9.70. The molecule has 0 amide bonds. The Kier molecular flexibility index (Phi) is 2.93. The molecule has 1 aromatic carbocycles. The van der Waals surface area contributed by atoms with Crippen LogP contribution in [0.25, 0.3) is 11.3 Å². The number of aromatic carboxylic acids is 1. The number of carbonyl (C=O) groups is 1. The van der Waals surface area contributed by atoms with Crippen molar-refractivity contribution in [3.63, 3.8) is 0 Å². The molecule has 0 saturated carbocycles.